The number of ether oxygens (including phenoxy) is 1. The summed E-state index contributed by atoms with van der Waals surface area (Å²) in [4.78, 5) is 22.5. The third-order valence-electron chi connectivity index (χ3n) is 2.76. The number of hydrogen-bond donors (Lipinski definition) is 3. The van der Waals surface area contributed by atoms with Gasteiger partial charge in [0, 0.05) is 5.69 Å². The number of carbonyl (C=O) groups excluding carboxylic acids is 1. The van der Waals surface area contributed by atoms with E-state index in [4.69, 9.17) is 22.1 Å². The van der Waals surface area contributed by atoms with Gasteiger partial charge in [-0.2, -0.15) is 0 Å². The van der Waals surface area contributed by atoms with Gasteiger partial charge in [-0.1, -0.05) is 18.2 Å². The summed E-state index contributed by atoms with van der Waals surface area (Å²) in [6.07, 6.45) is 0. The van der Waals surface area contributed by atoms with Gasteiger partial charge in [0.15, 0.2) is 11.7 Å². The number of para-hydroxylation sites is 1. The quantitative estimate of drug-likeness (QED) is 0.729. The number of nitrogens with one attached hydrogen (secondary N) is 2. The Hall–Kier alpha value is -2.93. The number of rotatable bonds is 5. The summed E-state index contributed by atoms with van der Waals surface area (Å²) in [5.74, 6) is -0.815. The normalized spacial score (nSPS) is 9.74. The predicted octanol–water partition coefficient (Wildman–Crippen LogP) is 2.28. The SMILES string of the molecule is O=C(COc1ccccc1)NC(=S)Nc1ccc(C(=O)O)cc1. The largest absolute Gasteiger partial charge is 0.484 e. The van der Waals surface area contributed by atoms with Crippen molar-refractivity contribution in [2.75, 3.05) is 11.9 Å². The van der Waals surface area contributed by atoms with Gasteiger partial charge >= 0.3 is 5.97 Å². The van der Waals surface area contributed by atoms with Crippen molar-refractivity contribution < 1.29 is 19.4 Å². The molecule has 2 rings (SSSR count). The lowest BCUT2D eigenvalue weighted by molar-refractivity contribution is -0.121. The molecule has 0 aliphatic rings. The van der Waals surface area contributed by atoms with Crippen molar-refractivity contribution in [2.45, 2.75) is 0 Å². The fraction of sp³-hybridized carbons (Fsp3) is 0.0625. The van der Waals surface area contributed by atoms with Crippen molar-refractivity contribution in [3.63, 3.8) is 0 Å². The Balaban J connectivity index is 1.79. The van der Waals surface area contributed by atoms with Crippen LogP contribution in [0.2, 0.25) is 0 Å². The molecule has 1 amide bonds. The topological polar surface area (TPSA) is 87.7 Å². The lowest BCUT2D eigenvalue weighted by Crippen LogP contribution is -2.37. The van der Waals surface area contributed by atoms with Crippen LogP contribution in [-0.4, -0.2) is 28.7 Å². The summed E-state index contributed by atoms with van der Waals surface area (Å²) in [6.45, 7) is -0.163. The van der Waals surface area contributed by atoms with Crippen molar-refractivity contribution in [2.24, 2.45) is 0 Å². The van der Waals surface area contributed by atoms with E-state index in [2.05, 4.69) is 10.6 Å². The average Bonchev–Trinajstić information content (AvgIpc) is 2.54. The minimum absolute atomic E-state index is 0.106. The zero-order chi connectivity index (χ0) is 16.7. The highest BCUT2D eigenvalue weighted by molar-refractivity contribution is 7.80. The highest BCUT2D eigenvalue weighted by atomic mass is 32.1. The summed E-state index contributed by atoms with van der Waals surface area (Å²) >= 11 is 5.01. The van der Waals surface area contributed by atoms with Gasteiger partial charge in [-0.15, -0.1) is 0 Å². The number of hydrogen-bond acceptors (Lipinski definition) is 4. The highest BCUT2D eigenvalue weighted by Gasteiger charge is 2.07. The molecule has 0 saturated heterocycles. The predicted molar refractivity (Wildman–Crippen MR) is 89.7 cm³/mol. The lowest BCUT2D eigenvalue weighted by atomic mass is 10.2. The van der Waals surface area contributed by atoms with Gasteiger partial charge in [0.05, 0.1) is 5.56 Å². The second-order valence-corrected chi connectivity index (χ2v) is 4.89. The Morgan fingerprint density at radius 2 is 1.70 bits per heavy atom. The van der Waals surface area contributed by atoms with Crippen LogP contribution in [0.3, 0.4) is 0 Å². The third kappa shape index (κ3) is 5.40. The van der Waals surface area contributed by atoms with Crippen molar-refractivity contribution in [3.05, 3.63) is 60.2 Å². The fourth-order valence-corrected chi connectivity index (χ4v) is 1.92. The van der Waals surface area contributed by atoms with Crippen molar-refractivity contribution >= 4 is 34.9 Å². The van der Waals surface area contributed by atoms with Crippen LogP contribution in [0.15, 0.2) is 54.6 Å². The number of carboxylic acids is 1. The van der Waals surface area contributed by atoms with Gasteiger partial charge < -0.3 is 15.2 Å². The first-order valence-electron chi connectivity index (χ1n) is 6.66. The molecule has 2 aromatic rings. The van der Waals surface area contributed by atoms with Crippen LogP contribution < -0.4 is 15.4 Å². The summed E-state index contributed by atoms with van der Waals surface area (Å²) in [5, 5.41) is 14.2. The molecule has 0 bridgehead atoms. The van der Waals surface area contributed by atoms with Crippen LogP contribution in [0.5, 0.6) is 5.75 Å². The van der Waals surface area contributed by atoms with Gasteiger partial charge in [0.2, 0.25) is 0 Å². The van der Waals surface area contributed by atoms with E-state index in [-0.39, 0.29) is 17.3 Å². The Morgan fingerprint density at radius 3 is 2.30 bits per heavy atom. The molecule has 3 N–H and O–H groups in total. The molecule has 0 saturated carbocycles. The molecule has 2 aromatic carbocycles. The van der Waals surface area contributed by atoms with E-state index in [0.717, 1.165) is 0 Å². The van der Waals surface area contributed by atoms with Crippen LogP contribution in [0.1, 0.15) is 10.4 Å². The minimum Gasteiger partial charge on any atom is -0.484 e. The molecule has 0 radical (unpaired) electrons. The first-order chi connectivity index (χ1) is 11.0. The van der Waals surface area contributed by atoms with Crippen LogP contribution >= 0.6 is 12.2 Å². The molecular formula is C16H14N2O4S. The first-order valence-corrected chi connectivity index (χ1v) is 7.07. The van der Waals surface area contributed by atoms with Gasteiger partial charge in [-0.05, 0) is 48.6 Å². The summed E-state index contributed by atoms with van der Waals surface area (Å²) < 4.78 is 5.30. The van der Waals surface area contributed by atoms with E-state index >= 15 is 0 Å². The number of thiocarbonyl (C=S) groups is 1. The molecule has 0 fully saturated rings. The van der Waals surface area contributed by atoms with E-state index < -0.39 is 11.9 Å². The molecular weight excluding hydrogens is 316 g/mol. The molecule has 6 nitrogen and oxygen atoms in total. The fourth-order valence-electron chi connectivity index (χ4n) is 1.69. The number of carbonyl (C=O) groups is 2. The third-order valence-corrected chi connectivity index (χ3v) is 2.96. The summed E-state index contributed by atoms with van der Waals surface area (Å²) in [5.41, 5.74) is 0.742. The molecule has 0 aliphatic heterocycles. The number of amides is 1. The van der Waals surface area contributed by atoms with Crippen LogP contribution in [0, 0.1) is 0 Å². The number of carboxylic acid groups (broad SMARTS) is 1. The van der Waals surface area contributed by atoms with E-state index in [1.165, 1.54) is 12.1 Å². The second-order valence-electron chi connectivity index (χ2n) is 4.49. The first kappa shape index (κ1) is 16.4. The van der Waals surface area contributed by atoms with Crippen LogP contribution in [0.4, 0.5) is 5.69 Å². The average molecular weight is 330 g/mol. The molecule has 0 aliphatic carbocycles. The molecule has 0 aromatic heterocycles. The Labute approximate surface area is 138 Å². The number of anilines is 1. The van der Waals surface area contributed by atoms with Crippen LogP contribution in [-0.2, 0) is 4.79 Å². The molecule has 0 spiro atoms. The maximum atomic E-state index is 11.7. The number of benzene rings is 2. The standard InChI is InChI=1S/C16H14N2O4S/c19-14(10-22-13-4-2-1-3-5-13)18-16(23)17-12-8-6-11(7-9-12)15(20)21/h1-9H,10H2,(H,20,21)(H2,17,18,19,23). The monoisotopic (exact) mass is 330 g/mol. The molecule has 0 unspecified atom stereocenters. The van der Waals surface area contributed by atoms with E-state index in [0.29, 0.717) is 11.4 Å². The second kappa shape index (κ2) is 7.90. The molecule has 23 heavy (non-hydrogen) atoms. The van der Waals surface area contributed by atoms with Crippen molar-refractivity contribution in [1.82, 2.24) is 5.32 Å². The van der Waals surface area contributed by atoms with Gasteiger partial charge in [-0.3, -0.25) is 10.1 Å². The zero-order valence-corrected chi connectivity index (χ0v) is 12.8. The minimum atomic E-state index is -1.01. The maximum Gasteiger partial charge on any atom is 0.335 e. The Morgan fingerprint density at radius 1 is 1.04 bits per heavy atom. The highest BCUT2D eigenvalue weighted by Crippen LogP contribution is 2.10. The summed E-state index contributed by atoms with van der Waals surface area (Å²) in [7, 11) is 0. The van der Waals surface area contributed by atoms with E-state index in [9.17, 15) is 9.59 Å². The zero-order valence-electron chi connectivity index (χ0n) is 12.0. The number of aromatic carboxylic acids is 1. The molecule has 0 heterocycles. The molecule has 118 valence electrons. The lowest BCUT2D eigenvalue weighted by Gasteiger charge is -2.10. The van der Waals surface area contributed by atoms with E-state index in [1.807, 2.05) is 6.07 Å². The van der Waals surface area contributed by atoms with Gasteiger partial charge in [0.25, 0.3) is 5.91 Å². The molecule has 7 heteroatoms. The van der Waals surface area contributed by atoms with E-state index in [1.54, 1.807) is 36.4 Å². The Bertz CT molecular complexity index is 702. The molecule has 0 atom stereocenters. The Kier molecular flexibility index (Phi) is 5.65. The van der Waals surface area contributed by atoms with Crippen molar-refractivity contribution in [3.8, 4) is 5.75 Å². The maximum absolute atomic E-state index is 11.7. The van der Waals surface area contributed by atoms with Gasteiger partial charge in [0.1, 0.15) is 5.75 Å². The summed E-state index contributed by atoms with van der Waals surface area (Å²) in [6, 6.07) is 14.9. The van der Waals surface area contributed by atoms with Crippen LogP contribution in [0.25, 0.3) is 0 Å². The smallest absolute Gasteiger partial charge is 0.335 e. The van der Waals surface area contributed by atoms with Gasteiger partial charge in [-0.25, -0.2) is 4.79 Å². The van der Waals surface area contributed by atoms with Crippen molar-refractivity contribution in [1.29, 1.82) is 0 Å².